The molecule has 1 aliphatic rings. The summed E-state index contributed by atoms with van der Waals surface area (Å²) < 4.78 is 2.21. The summed E-state index contributed by atoms with van der Waals surface area (Å²) in [7, 11) is 0. The van der Waals surface area contributed by atoms with Gasteiger partial charge in [-0.25, -0.2) is 0 Å². The Morgan fingerprint density at radius 2 is 1.60 bits per heavy atom. The molecule has 0 saturated carbocycles. The van der Waals surface area contributed by atoms with Gasteiger partial charge in [-0.3, -0.25) is 9.59 Å². The van der Waals surface area contributed by atoms with Crippen molar-refractivity contribution in [3.63, 3.8) is 0 Å². The van der Waals surface area contributed by atoms with Crippen LogP contribution in [0.5, 0.6) is 0 Å². The van der Waals surface area contributed by atoms with Gasteiger partial charge >= 0.3 is 0 Å². The summed E-state index contributed by atoms with van der Waals surface area (Å²) in [5, 5.41) is 2.08. The number of amides is 2. The highest BCUT2D eigenvalue weighted by atomic mass is 32.1. The SMILES string of the molecule is Cc1cc(C(=O)N2CCCN(C(=O)c3ccccc3)CC2)c(C)n1Cc1cccs1. The number of nitrogens with zero attached hydrogens (tertiary/aromatic N) is 3. The summed E-state index contributed by atoms with van der Waals surface area (Å²) in [5.74, 6) is 0.105. The minimum atomic E-state index is 0.0408. The van der Waals surface area contributed by atoms with Crippen molar-refractivity contribution in [3.05, 3.63) is 81.3 Å². The average Bonchev–Trinajstić information content (AvgIpc) is 3.29. The molecule has 30 heavy (non-hydrogen) atoms. The fourth-order valence-electron chi connectivity index (χ4n) is 4.08. The average molecular weight is 422 g/mol. The molecule has 3 heterocycles. The second kappa shape index (κ2) is 8.88. The van der Waals surface area contributed by atoms with E-state index in [1.54, 1.807) is 11.3 Å². The van der Waals surface area contributed by atoms with Crippen LogP contribution in [0.4, 0.5) is 0 Å². The van der Waals surface area contributed by atoms with E-state index in [1.807, 2.05) is 53.1 Å². The van der Waals surface area contributed by atoms with Crippen LogP contribution in [0.25, 0.3) is 0 Å². The van der Waals surface area contributed by atoms with Crippen molar-refractivity contribution in [2.24, 2.45) is 0 Å². The van der Waals surface area contributed by atoms with Gasteiger partial charge in [0.05, 0.1) is 12.1 Å². The van der Waals surface area contributed by atoms with Crippen molar-refractivity contribution in [3.8, 4) is 0 Å². The zero-order valence-electron chi connectivity index (χ0n) is 17.5. The molecule has 0 aliphatic carbocycles. The molecule has 4 rings (SSSR count). The van der Waals surface area contributed by atoms with Gasteiger partial charge in [0.25, 0.3) is 11.8 Å². The number of benzene rings is 1. The Labute approximate surface area is 181 Å². The fourth-order valence-corrected chi connectivity index (χ4v) is 4.77. The van der Waals surface area contributed by atoms with Gasteiger partial charge in [0.2, 0.25) is 0 Å². The minimum absolute atomic E-state index is 0.0408. The molecule has 2 aromatic heterocycles. The third kappa shape index (κ3) is 4.19. The standard InChI is InChI=1S/C24H27N3O2S/c1-18-16-22(19(2)27(18)17-21-10-6-15-30-21)24(29)26-12-7-11-25(13-14-26)23(28)20-8-4-3-5-9-20/h3-6,8-10,15-16H,7,11-14,17H2,1-2H3. The molecule has 0 unspecified atom stereocenters. The number of hydrogen-bond donors (Lipinski definition) is 0. The van der Waals surface area contributed by atoms with Gasteiger partial charge in [-0.15, -0.1) is 11.3 Å². The Kier molecular flexibility index (Phi) is 6.04. The van der Waals surface area contributed by atoms with Crippen LogP contribution >= 0.6 is 11.3 Å². The van der Waals surface area contributed by atoms with E-state index in [1.165, 1.54) is 4.88 Å². The first-order chi connectivity index (χ1) is 14.5. The number of hydrogen-bond acceptors (Lipinski definition) is 3. The van der Waals surface area contributed by atoms with Crippen molar-refractivity contribution in [1.29, 1.82) is 0 Å². The number of thiophene rings is 1. The van der Waals surface area contributed by atoms with Crippen molar-refractivity contribution < 1.29 is 9.59 Å². The van der Waals surface area contributed by atoms with Gasteiger partial charge in [-0.05, 0) is 49.9 Å². The normalized spacial score (nSPS) is 14.6. The first-order valence-electron chi connectivity index (χ1n) is 10.4. The van der Waals surface area contributed by atoms with Crippen LogP contribution in [0.2, 0.25) is 0 Å². The Bertz CT molecular complexity index is 1020. The molecule has 0 N–H and O–H groups in total. The van der Waals surface area contributed by atoms with Crippen LogP contribution in [0, 0.1) is 13.8 Å². The molecular weight excluding hydrogens is 394 g/mol. The lowest BCUT2D eigenvalue weighted by Crippen LogP contribution is -2.37. The van der Waals surface area contributed by atoms with Crippen molar-refractivity contribution in [2.45, 2.75) is 26.8 Å². The van der Waals surface area contributed by atoms with E-state index in [9.17, 15) is 9.59 Å². The molecule has 1 fully saturated rings. The molecule has 0 bridgehead atoms. The van der Waals surface area contributed by atoms with Gasteiger partial charge in [0.1, 0.15) is 0 Å². The maximum absolute atomic E-state index is 13.3. The first-order valence-corrected chi connectivity index (χ1v) is 11.3. The molecule has 0 spiro atoms. The zero-order chi connectivity index (χ0) is 21.1. The number of carbonyl (C=O) groups is 2. The molecule has 1 saturated heterocycles. The van der Waals surface area contributed by atoms with Gasteiger partial charge in [0, 0.05) is 48.0 Å². The Balaban J connectivity index is 1.46. The van der Waals surface area contributed by atoms with Crippen LogP contribution in [0.15, 0.2) is 53.9 Å². The van der Waals surface area contributed by atoms with Gasteiger partial charge < -0.3 is 14.4 Å². The highest BCUT2D eigenvalue weighted by Crippen LogP contribution is 2.21. The Hall–Kier alpha value is -2.86. The molecule has 1 aromatic carbocycles. The first kappa shape index (κ1) is 20.4. The van der Waals surface area contributed by atoms with Crippen LogP contribution in [0.3, 0.4) is 0 Å². The molecule has 6 heteroatoms. The lowest BCUT2D eigenvalue weighted by molar-refractivity contribution is 0.0718. The third-order valence-electron chi connectivity index (χ3n) is 5.79. The highest BCUT2D eigenvalue weighted by molar-refractivity contribution is 7.09. The Morgan fingerprint density at radius 3 is 2.27 bits per heavy atom. The van der Waals surface area contributed by atoms with E-state index in [0.29, 0.717) is 31.7 Å². The van der Waals surface area contributed by atoms with E-state index >= 15 is 0 Å². The molecule has 5 nitrogen and oxygen atoms in total. The smallest absolute Gasteiger partial charge is 0.255 e. The topological polar surface area (TPSA) is 45.6 Å². The molecule has 0 atom stereocenters. The van der Waals surface area contributed by atoms with E-state index in [2.05, 4.69) is 29.0 Å². The number of carbonyl (C=O) groups excluding carboxylic acids is 2. The second-order valence-electron chi connectivity index (χ2n) is 7.75. The van der Waals surface area contributed by atoms with Gasteiger partial charge in [0.15, 0.2) is 0 Å². The molecular formula is C24H27N3O2S. The Morgan fingerprint density at radius 1 is 0.900 bits per heavy atom. The quantitative estimate of drug-likeness (QED) is 0.634. The van der Waals surface area contributed by atoms with Crippen molar-refractivity contribution in [2.75, 3.05) is 26.2 Å². The van der Waals surface area contributed by atoms with E-state index in [-0.39, 0.29) is 11.8 Å². The highest BCUT2D eigenvalue weighted by Gasteiger charge is 2.26. The van der Waals surface area contributed by atoms with Crippen LogP contribution in [0.1, 0.15) is 43.4 Å². The maximum Gasteiger partial charge on any atom is 0.255 e. The number of aromatic nitrogens is 1. The second-order valence-corrected chi connectivity index (χ2v) is 8.79. The fraction of sp³-hybridized carbons (Fsp3) is 0.333. The summed E-state index contributed by atoms with van der Waals surface area (Å²) >= 11 is 1.73. The van der Waals surface area contributed by atoms with E-state index in [4.69, 9.17) is 0 Å². The van der Waals surface area contributed by atoms with Crippen molar-refractivity contribution >= 4 is 23.2 Å². The lowest BCUT2D eigenvalue weighted by Gasteiger charge is -2.22. The predicted octanol–water partition coefficient (Wildman–Crippen LogP) is 4.20. The summed E-state index contributed by atoms with van der Waals surface area (Å²) in [6, 6.07) is 15.5. The summed E-state index contributed by atoms with van der Waals surface area (Å²) in [5.41, 5.74) is 3.58. The largest absolute Gasteiger partial charge is 0.343 e. The van der Waals surface area contributed by atoms with Crippen LogP contribution in [-0.4, -0.2) is 52.4 Å². The summed E-state index contributed by atoms with van der Waals surface area (Å²) in [6.45, 7) is 7.35. The molecule has 3 aromatic rings. The summed E-state index contributed by atoms with van der Waals surface area (Å²) in [4.78, 5) is 31.1. The van der Waals surface area contributed by atoms with Crippen LogP contribution in [-0.2, 0) is 6.54 Å². The lowest BCUT2D eigenvalue weighted by atomic mass is 10.2. The third-order valence-corrected chi connectivity index (χ3v) is 6.65. The molecule has 156 valence electrons. The summed E-state index contributed by atoms with van der Waals surface area (Å²) in [6.07, 6.45) is 0.790. The minimum Gasteiger partial charge on any atom is -0.343 e. The maximum atomic E-state index is 13.3. The van der Waals surface area contributed by atoms with Gasteiger partial charge in [-0.1, -0.05) is 24.3 Å². The number of rotatable bonds is 4. The van der Waals surface area contributed by atoms with E-state index < -0.39 is 0 Å². The van der Waals surface area contributed by atoms with Crippen LogP contribution < -0.4 is 0 Å². The van der Waals surface area contributed by atoms with E-state index in [0.717, 1.165) is 29.9 Å². The zero-order valence-corrected chi connectivity index (χ0v) is 18.3. The molecule has 2 amide bonds. The van der Waals surface area contributed by atoms with Crippen molar-refractivity contribution in [1.82, 2.24) is 14.4 Å². The predicted molar refractivity (Wildman–Crippen MR) is 120 cm³/mol. The molecule has 1 aliphatic heterocycles. The monoisotopic (exact) mass is 421 g/mol. The van der Waals surface area contributed by atoms with Gasteiger partial charge in [-0.2, -0.15) is 0 Å². The number of aryl methyl sites for hydroxylation is 1. The molecule has 0 radical (unpaired) electrons.